The molecule has 104 valence electrons. The number of halogens is 1. The molecule has 20 heavy (non-hydrogen) atoms. The van der Waals surface area contributed by atoms with Crippen LogP contribution >= 0.6 is 28.1 Å². The summed E-state index contributed by atoms with van der Waals surface area (Å²) in [6, 6.07) is 6.24. The van der Waals surface area contributed by atoms with E-state index in [-0.39, 0.29) is 0 Å². The summed E-state index contributed by atoms with van der Waals surface area (Å²) < 4.78 is 5.73. The van der Waals surface area contributed by atoms with Gasteiger partial charge in [-0.05, 0) is 66.6 Å². The van der Waals surface area contributed by atoms with E-state index in [1.165, 1.54) is 5.56 Å². The van der Waals surface area contributed by atoms with Crippen LogP contribution in [0.25, 0.3) is 16.9 Å². The van der Waals surface area contributed by atoms with Gasteiger partial charge in [0, 0.05) is 11.0 Å². The van der Waals surface area contributed by atoms with Crippen molar-refractivity contribution < 1.29 is 0 Å². The Morgan fingerprint density at radius 2 is 2.10 bits per heavy atom. The third-order valence-electron chi connectivity index (χ3n) is 3.39. The second-order valence-corrected chi connectivity index (χ2v) is 6.06. The number of imidazole rings is 1. The van der Waals surface area contributed by atoms with Gasteiger partial charge in [0.25, 0.3) is 0 Å². The number of hydrogen-bond acceptors (Lipinski definition) is 2. The summed E-state index contributed by atoms with van der Waals surface area (Å²) in [6.45, 7) is 6.96. The Morgan fingerprint density at radius 3 is 2.80 bits per heavy atom. The normalized spacial score (nSPS) is 11.4. The van der Waals surface area contributed by atoms with E-state index in [1.54, 1.807) is 0 Å². The molecular formula is C14H15BrN4S. The van der Waals surface area contributed by atoms with E-state index >= 15 is 0 Å². The first kappa shape index (κ1) is 13.6. The van der Waals surface area contributed by atoms with E-state index in [2.05, 4.69) is 52.0 Å². The fourth-order valence-corrected chi connectivity index (χ4v) is 3.15. The van der Waals surface area contributed by atoms with Gasteiger partial charge in [-0.3, -0.25) is 4.57 Å². The average Bonchev–Trinajstić information content (AvgIpc) is 2.90. The van der Waals surface area contributed by atoms with Crippen LogP contribution in [0, 0.1) is 18.6 Å². The van der Waals surface area contributed by atoms with Crippen molar-refractivity contribution in [2.45, 2.75) is 27.3 Å². The first-order valence-corrected chi connectivity index (χ1v) is 7.67. The number of benzene rings is 1. The van der Waals surface area contributed by atoms with Crippen molar-refractivity contribution in [3.8, 4) is 5.69 Å². The molecule has 0 bridgehead atoms. The predicted molar refractivity (Wildman–Crippen MR) is 87.1 cm³/mol. The van der Waals surface area contributed by atoms with Gasteiger partial charge in [-0.25, -0.2) is 4.68 Å². The van der Waals surface area contributed by atoms with Crippen molar-refractivity contribution >= 4 is 39.3 Å². The Balaban J connectivity index is 2.44. The maximum absolute atomic E-state index is 5.50. The lowest BCUT2D eigenvalue weighted by Crippen LogP contribution is -2.04. The van der Waals surface area contributed by atoms with E-state index in [9.17, 15) is 0 Å². The molecule has 0 amide bonds. The average molecular weight is 351 g/mol. The fourth-order valence-electron chi connectivity index (χ4n) is 2.44. The van der Waals surface area contributed by atoms with E-state index < -0.39 is 0 Å². The lowest BCUT2D eigenvalue weighted by atomic mass is 10.2. The molecule has 3 aromatic rings. The molecule has 0 fully saturated rings. The number of fused-ring (bicyclic) bond motifs is 1. The molecular weight excluding hydrogens is 336 g/mol. The molecule has 0 saturated heterocycles. The number of nitrogens with one attached hydrogen (secondary N) is 1. The van der Waals surface area contributed by atoms with Crippen LogP contribution in [-0.2, 0) is 6.54 Å². The van der Waals surface area contributed by atoms with Crippen molar-refractivity contribution in [3.05, 3.63) is 38.7 Å². The molecule has 0 saturated carbocycles. The maximum Gasteiger partial charge on any atom is 0.184 e. The van der Waals surface area contributed by atoms with Gasteiger partial charge >= 0.3 is 0 Å². The largest absolute Gasteiger partial charge is 0.327 e. The van der Waals surface area contributed by atoms with E-state index in [1.807, 2.05) is 22.2 Å². The SMILES string of the molecule is CCn1nc(C)c2[nH]c(=S)n(-c3cc(C)ccc3Br)c21. The van der Waals surface area contributed by atoms with Crippen molar-refractivity contribution in [1.29, 1.82) is 0 Å². The summed E-state index contributed by atoms with van der Waals surface area (Å²) in [4.78, 5) is 3.27. The molecule has 3 rings (SSSR count). The van der Waals surface area contributed by atoms with E-state index in [4.69, 9.17) is 12.2 Å². The zero-order valence-electron chi connectivity index (χ0n) is 11.6. The molecule has 4 nitrogen and oxygen atoms in total. The Kier molecular flexibility index (Phi) is 3.30. The predicted octanol–water partition coefficient (Wildman–Crippen LogP) is 4.28. The smallest absolute Gasteiger partial charge is 0.184 e. The van der Waals surface area contributed by atoms with Crippen LogP contribution in [0.5, 0.6) is 0 Å². The third-order valence-corrected chi connectivity index (χ3v) is 4.34. The van der Waals surface area contributed by atoms with Crippen LogP contribution in [0.2, 0.25) is 0 Å². The van der Waals surface area contributed by atoms with Crippen molar-refractivity contribution in [1.82, 2.24) is 19.3 Å². The Hall–Kier alpha value is -1.40. The van der Waals surface area contributed by atoms with Crippen LogP contribution in [0.4, 0.5) is 0 Å². The minimum Gasteiger partial charge on any atom is -0.327 e. The monoisotopic (exact) mass is 350 g/mol. The van der Waals surface area contributed by atoms with Crippen molar-refractivity contribution in [2.75, 3.05) is 0 Å². The summed E-state index contributed by atoms with van der Waals surface area (Å²) in [7, 11) is 0. The lowest BCUT2D eigenvalue weighted by Gasteiger charge is -2.09. The zero-order valence-corrected chi connectivity index (χ0v) is 14.0. The Bertz CT molecular complexity index is 856. The van der Waals surface area contributed by atoms with E-state index in [0.717, 1.165) is 33.6 Å². The van der Waals surface area contributed by atoms with Crippen molar-refractivity contribution in [2.24, 2.45) is 0 Å². The molecule has 0 unspecified atom stereocenters. The zero-order chi connectivity index (χ0) is 14.4. The van der Waals surface area contributed by atoms with Crippen LogP contribution in [0.1, 0.15) is 18.2 Å². The number of aryl methyl sites for hydroxylation is 3. The van der Waals surface area contributed by atoms with Gasteiger partial charge in [-0.2, -0.15) is 5.10 Å². The number of rotatable bonds is 2. The van der Waals surface area contributed by atoms with Gasteiger partial charge in [0.2, 0.25) is 0 Å². The minimum atomic E-state index is 0.689. The number of H-pyrrole nitrogens is 1. The highest BCUT2D eigenvalue weighted by molar-refractivity contribution is 9.10. The maximum atomic E-state index is 5.50. The standard InChI is InChI=1S/C14H15BrN4S/c1-4-18-13-12(9(3)17-18)16-14(20)19(13)11-7-8(2)5-6-10(11)15/h5-7H,4H2,1-3H3,(H,16,20). The fraction of sp³-hybridized carbons (Fsp3) is 0.286. The van der Waals surface area contributed by atoms with Gasteiger partial charge in [-0.1, -0.05) is 6.07 Å². The summed E-state index contributed by atoms with van der Waals surface area (Å²) in [5.41, 5.74) is 5.22. The summed E-state index contributed by atoms with van der Waals surface area (Å²) >= 11 is 9.12. The molecule has 2 aromatic heterocycles. The van der Waals surface area contributed by atoms with Gasteiger partial charge in [0.05, 0.1) is 11.4 Å². The second-order valence-electron chi connectivity index (χ2n) is 4.82. The number of hydrogen-bond donors (Lipinski definition) is 1. The van der Waals surface area contributed by atoms with Gasteiger partial charge in [0.1, 0.15) is 5.52 Å². The molecule has 0 aliphatic carbocycles. The van der Waals surface area contributed by atoms with Crippen LogP contribution in [0.3, 0.4) is 0 Å². The Morgan fingerprint density at radius 1 is 1.35 bits per heavy atom. The summed E-state index contributed by atoms with van der Waals surface area (Å²) in [5.74, 6) is 0. The van der Waals surface area contributed by atoms with Crippen LogP contribution in [-0.4, -0.2) is 19.3 Å². The minimum absolute atomic E-state index is 0.689. The quantitative estimate of drug-likeness (QED) is 0.700. The van der Waals surface area contributed by atoms with Crippen LogP contribution in [0.15, 0.2) is 22.7 Å². The van der Waals surface area contributed by atoms with Crippen molar-refractivity contribution in [3.63, 3.8) is 0 Å². The Labute approximate surface area is 130 Å². The van der Waals surface area contributed by atoms with E-state index in [0.29, 0.717) is 4.77 Å². The highest BCUT2D eigenvalue weighted by atomic mass is 79.9. The lowest BCUT2D eigenvalue weighted by molar-refractivity contribution is 0.661. The molecule has 6 heteroatoms. The first-order valence-electron chi connectivity index (χ1n) is 6.47. The van der Waals surface area contributed by atoms with Crippen LogP contribution < -0.4 is 0 Å². The molecule has 1 N–H and O–H groups in total. The third kappa shape index (κ3) is 1.94. The highest BCUT2D eigenvalue weighted by Gasteiger charge is 2.16. The molecule has 0 aliphatic rings. The molecule has 0 atom stereocenters. The summed E-state index contributed by atoms with van der Waals surface area (Å²) in [6.07, 6.45) is 0. The molecule has 0 radical (unpaired) electrons. The second kappa shape index (κ2) is 4.86. The molecule has 1 aromatic carbocycles. The molecule has 0 spiro atoms. The highest BCUT2D eigenvalue weighted by Crippen LogP contribution is 2.28. The topological polar surface area (TPSA) is 38.5 Å². The number of aromatic amines is 1. The number of nitrogens with zero attached hydrogens (tertiary/aromatic N) is 3. The molecule has 2 heterocycles. The van der Waals surface area contributed by atoms with Gasteiger partial charge in [0.15, 0.2) is 10.4 Å². The molecule has 0 aliphatic heterocycles. The first-order chi connectivity index (χ1) is 9.52. The number of aromatic nitrogens is 4. The van der Waals surface area contributed by atoms with Gasteiger partial charge in [-0.15, -0.1) is 0 Å². The summed E-state index contributed by atoms with van der Waals surface area (Å²) in [5, 5.41) is 4.55. The van der Waals surface area contributed by atoms with Gasteiger partial charge < -0.3 is 4.98 Å².